The topological polar surface area (TPSA) is 102 Å². The minimum Gasteiger partial charge on any atom is -0.504 e. The number of benzene rings is 1. The summed E-state index contributed by atoms with van der Waals surface area (Å²) in [6.07, 6.45) is 2.25. The van der Waals surface area contributed by atoms with E-state index in [1.54, 1.807) is 29.3 Å². The van der Waals surface area contributed by atoms with Crippen molar-refractivity contribution in [2.45, 2.75) is 13.0 Å². The van der Waals surface area contributed by atoms with Crippen LogP contribution in [0, 0.1) is 0 Å². The third-order valence-electron chi connectivity index (χ3n) is 3.69. The molecule has 0 fully saturated rings. The normalized spacial score (nSPS) is 13.6. The number of aromatic hydroxyl groups is 1. The Bertz CT molecular complexity index is 733. The molecule has 0 saturated heterocycles. The van der Waals surface area contributed by atoms with Gasteiger partial charge in [-0.25, -0.2) is 9.97 Å². The minimum absolute atomic E-state index is 0.144. The van der Waals surface area contributed by atoms with Crippen LogP contribution in [0.1, 0.15) is 21.6 Å². The molecule has 2 heterocycles. The van der Waals surface area contributed by atoms with Gasteiger partial charge < -0.3 is 20.5 Å². The molecule has 1 amide bonds. The number of ether oxygens (including phenoxy) is 1. The average Bonchev–Trinajstić information content (AvgIpc) is 2.54. The predicted molar refractivity (Wildman–Crippen MR) is 79.5 cm³/mol. The number of phenols is 1. The number of nitrogens with two attached hydrogens (primary N) is 1. The number of para-hydroxylation sites is 1. The molecular weight excluding hydrogens is 284 g/mol. The summed E-state index contributed by atoms with van der Waals surface area (Å²) in [5.74, 6) is 0.122. The zero-order valence-electron chi connectivity index (χ0n) is 12.1. The fourth-order valence-electron chi connectivity index (χ4n) is 2.53. The predicted octanol–water partition coefficient (Wildman–Crippen LogP) is 0.971. The first-order chi connectivity index (χ1) is 10.6. The first-order valence-corrected chi connectivity index (χ1v) is 6.85. The maximum Gasteiger partial charge on any atom is 0.258 e. The largest absolute Gasteiger partial charge is 0.504 e. The number of carbonyl (C=O) groups excluding carboxylic acids is 1. The molecule has 1 aliphatic heterocycles. The van der Waals surface area contributed by atoms with Crippen LogP contribution in [-0.4, -0.2) is 39.5 Å². The third-order valence-corrected chi connectivity index (χ3v) is 3.69. The van der Waals surface area contributed by atoms with Crippen LogP contribution in [0.5, 0.6) is 11.5 Å². The number of fused-ring (bicyclic) bond motifs is 1. The van der Waals surface area contributed by atoms with Crippen LogP contribution in [0.25, 0.3) is 0 Å². The third kappa shape index (κ3) is 2.41. The number of nitrogens with zero attached hydrogens (tertiary/aromatic N) is 3. The summed E-state index contributed by atoms with van der Waals surface area (Å²) in [5, 5.41) is 10.1. The lowest BCUT2D eigenvalue weighted by atomic mass is 10.1. The number of nitrogen functional groups attached to an aromatic ring is 1. The highest BCUT2D eigenvalue weighted by Crippen LogP contribution is 2.31. The van der Waals surface area contributed by atoms with Crippen molar-refractivity contribution in [2.75, 3.05) is 19.4 Å². The first-order valence-electron chi connectivity index (χ1n) is 6.85. The summed E-state index contributed by atoms with van der Waals surface area (Å²) in [4.78, 5) is 22.4. The Hall–Kier alpha value is -2.83. The maximum absolute atomic E-state index is 12.6. The quantitative estimate of drug-likeness (QED) is 0.857. The molecule has 3 N–H and O–H groups in total. The number of rotatable bonds is 2. The van der Waals surface area contributed by atoms with Crippen LogP contribution < -0.4 is 10.5 Å². The Morgan fingerprint density at radius 2 is 2.27 bits per heavy atom. The zero-order valence-corrected chi connectivity index (χ0v) is 12.1. The van der Waals surface area contributed by atoms with Gasteiger partial charge >= 0.3 is 0 Å². The van der Waals surface area contributed by atoms with Crippen molar-refractivity contribution in [3.8, 4) is 11.5 Å². The molecule has 0 spiro atoms. The second kappa shape index (κ2) is 5.51. The second-order valence-electron chi connectivity index (χ2n) is 5.03. The van der Waals surface area contributed by atoms with Crippen LogP contribution in [0.4, 0.5) is 5.95 Å². The van der Waals surface area contributed by atoms with Crippen molar-refractivity contribution in [2.24, 2.45) is 0 Å². The molecule has 7 heteroatoms. The van der Waals surface area contributed by atoms with E-state index in [2.05, 4.69) is 9.97 Å². The van der Waals surface area contributed by atoms with Gasteiger partial charge in [-0.3, -0.25) is 4.79 Å². The van der Waals surface area contributed by atoms with Gasteiger partial charge in [0.25, 0.3) is 5.91 Å². The van der Waals surface area contributed by atoms with Crippen molar-refractivity contribution in [3.63, 3.8) is 0 Å². The standard InChI is InChI=1S/C15H16N4O3/c1-22-12-4-2-3-10(13(12)20)14(21)19-6-5-11-9(8-19)7-17-15(16)18-11/h2-4,7,20H,5-6,8H2,1H3,(H2,16,17,18). The van der Waals surface area contributed by atoms with Crippen molar-refractivity contribution in [1.29, 1.82) is 0 Å². The molecule has 0 aliphatic carbocycles. The van der Waals surface area contributed by atoms with E-state index in [0.717, 1.165) is 11.3 Å². The molecule has 0 saturated carbocycles. The van der Waals surface area contributed by atoms with Crippen LogP contribution in [0.3, 0.4) is 0 Å². The summed E-state index contributed by atoms with van der Waals surface area (Å²) in [6, 6.07) is 4.86. The smallest absolute Gasteiger partial charge is 0.258 e. The van der Waals surface area contributed by atoms with E-state index in [9.17, 15) is 9.90 Å². The number of carbonyl (C=O) groups is 1. The fraction of sp³-hybridized carbons (Fsp3) is 0.267. The molecule has 3 rings (SSSR count). The second-order valence-corrected chi connectivity index (χ2v) is 5.03. The van der Waals surface area contributed by atoms with Crippen molar-refractivity contribution < 1.29 is 14.6 Å². The number of amides is 1. The molecule has 1 aromatic carbocycles. The lowest BCUT2D eigenvalue weighted by molar-refractivity contribution is 0.0729. The Morgan fingerprint density at radius 1 is 1.45 bits per heavy atom. The van der Waals surface area contributed by atoms with Gasteiger partial charge in [-0.05, 0) is 12.1 Å². The highest BCUT2D eigenvalue weighted by molar-refractivity contribution is 5.97. The van der Waals surface area contributed by atoms with Crippen LogP contribution >= 0.6 is 0 Å². The number of methoxy groups -OCH3 is 1. The van der Waals surface area contributed by atoms with Crippen molar-refractivity contribution >= 4 is 11.9 Å². The van der Waals surface area contributed by atoms with Crippen LogP contribution in [0.2, 0.25) is 0 Å². The number of anilines is 1. The van der Waals surface area contributed by atoms with Crippen molar-refractivity contribution in [3.05, 3.63) is 41.2 Å². The lowest BCUT2D eigenvalue weighted by Crippen LogP contribution is -2.36. The van der Waals surface area contributed by atoms with E-state index in [4.69, 9.17) is 10.5 Å². The van der Waals surface area contributed by atoms with Crippen molar-refractivity contribution in [1.82, 2.24) is 14.9 Å². The monoisotopic (exact) mass is 300 g/mol. The van der Waals surface area contributed by atoms with Gasteiger partial charge in [0.15, 0.2) is 11.5 Å². The Balaban J connectivity index is 1.87. The van der Waals surface area contributed by atoms with Gasteiger partial charge in [0.1, 0.15) is 0 Å². The van der Waals surface area contributed by atoms with E-state index in [1.807, 2.05) is 0 Å². The molecule has 2 aromatic rings. The van der Waals surface area contributed by atoms with E-state index in [0.29, 0.717) is 19.5 Å². The molecule has 0 unspecified atom stereocenters. The summed E-state index contributed by atoms with van der Waals surface area (Å²) in [7, 11) is 1.45. The van der Waals surface area contributed by atoms with E-state index in [1.165, 1.54) is 7.11 Å². The van der Waals surface area contributed by atoms with Gasteiger partial charge in [-0.15, -0.1) is 0 Å². The molecule has 22 heavy (non-hydrogen) atoms. The molecule has 1 aliphatic rings. The Morgan fingerprint density at radius 3 is 3.05 bits per heavy atom. The van der Waals surface area contributed by atoms with Gasteiger partial charge in [-0.2, -0.15) is 0 Å². The van der Waals surface area contributed by atoms with E-state index in [-0.39, 0.29) is 28.9 Å². The molecular formula is C15H16N4O3. The first kappa shape index (κ1) is 14.1. The summed E-state index contributed by atoms with van der Waals surface area (Å²) in [5.41, 5.74) is 7.53. The molecule has 7 nitrogen and oxygen atoms in total. The molecule has 0 radical (unpaired) electrons. The Labute approximate surface area is 127 Å². The van der Waals surface area contributed by atoms with E-state index >= 15 is 0 Å². The van der Waals surface area contributed by atoms with E-state index < -0.39 is 0 Å². The number of phenolic OH excluding ortho intramolecular Hbond substituents is 1. The van der Waals surface area contributed by atoms with Gasteiger partial charge in [0.2, 0.25) is 5.95 Å². The number of hydrogen-bond acceptors (Lipinski definition) is 6. The van der Waals surface area contributed by atoms with Gasteiger partial charge in [-0.1, -0.05) is 6.07 Å². The Kier molecular flexibility index (Phi) is 3.54. The lowest BCUT2D eigenvalue weighted by Gasteiger charge is -2.28. The average molecular weight is 300 g/mol. The fourth-order valence-corrected chi connectivity index (χ4v) is 2.53. The molecule has 0 atom stereocenters. The molecule has 114 valence electrons. The summed E-state index contributed by atoms with van der Waals surface area (Å²) >= 11 is 0. The minimum atomic E-state index is -0.251. The van der Waals surface area contributed by atoms with Crippen LogP contribution in [-0.2, 0) is 13.0 Å². The SMILES string of the molecule is COc1cccc(C(=O)N2CCc3nc(N)ncc3C2)c1O. The summed E-state index contributed by atoms with van der Waals surface area (Å²) < 4.78 is 5.04. The highest BCUT2D eigenvalue weighted by atomic mass is 16.5. The maximum atomic E-state index is 12.6. The highest BCUT2D eigenvalue weighted by Gasteiger charge is 2.25. The zero-order chi connectivity index (χ0) is 15.7. The molecule has 1 aromatic heterocycles. The van der Waals surface area contributed by atoms with Gasteiger partial charge in [0.05, 0.1) is 18.4 Å². The summed E-state index contributed by atoms with van der Waals surface area (Å²) in [6.45, 7) is 0.907. The van der Waals surface area contributed by atoms with Crippen LogP contribution in [0.15, 0.2) is 24.4 Å². The van der Waals surface area contributed by atoms with Gasteiger partial charge in [0, 0.05) is 31.3 Å². The molecule has 0 bridgehead atoms. The number of aromatic nitrogens is 2. The number of hydrogen-bond donors (Lipinski definition) is 2.